The van der Waals surface area contributed by atoms with Gasteiger partial charge in [-0.15, -0.1) is 0 Å². The Morgan fingerprint density at radius 1 is 1.14 bits per heavy atom. The van der Waals surface area contributed by atoms with Crippen molar-refractivity contribution in [2.45, 2.75) is 33.0 Å². The molecule has 2 aromatic rings. The van der Waals surface area contributed by atoms with Gasteiger partial charge in [-0.1, -0.05) is 19.1 Å². The molecule has 1 N–H and O–H groups in total. The molecule has 1 atom stereocenters. The molecular weight excluding hydrogens is 266 g/mol. The van der Waals surface area contributed by atoms with Gasteiger partial charge < -0.3 is 14.6 Å². The highest BCUT2D eigenvalue weighted by molar-refractivity contribution is 5.30. The number of aliphatic hydroxyl groups is 1. The maximum atomic E-state index is 9.75. The second-order valence-corrected chi connectivity index (χ2v) is 4.92. The van der Waals surface area contributed by atoms with Gasteiger partial charge in [0.25, 0.3) is 0 Å². The molecule has 21 heavy (non-hydrogen) atoms. The third-order valence-corrected chi connectivity index (χ3v) is 3.25. The Balaban J connectivity index is 2.01. The molecule has 0 aliphatic carbocycles. The van der Waals surface area contributed by atoms with Crippen molar-refractivity contribution in [3.63, 3.8) is 0 Å². The first-order valence-corrected chi connectivity index (χ1v) is 7.04. The normalized spacial score (nSPS) is 12.0. The zero-order chi connectivity index (χ0) is 15.2. The van der Waals surface area contributed by atoms with Crippen LogP contribution in [0.4, 0.5) is 0 Å². The van der Waals surface area contributed by atoms with Crippen molar-refractivity contribution in [1.29, 1.82) is 0 Å². The number of hydrogen-bond donors (Lipinski definition) is 1. The number of benzene rings is 1. The Kier molecular flexibility index (Phi) is 5.17. The standard InChI is InChI=1S/C17H21NO3/c1-4-17(19)13-5-7-15(8-6-13)21-11-14-10-16(20-3)9-12(2)18-14/h5-10,17,19H,4,11H2,1-3H3/t17-/m0/s1. The molecule has 2 rings (SSSR count). The summed E-state index contributed by atoms with van der Waals surface area (Å²) in [6.07, 6.45) is 0.287. The monoisotopic (exact) mass is 287 g/mol. The molecule has 0 aliphatic rings. The lowest BCUT2D eigenvalue weighted by atomic mass is 10.1. The van der Waals surface area contributed by atoms with E-state index in [0.717, 1.165) is 28.5 Å². The molecule has 0 saturated carbocycles. The molecule has 4 nitrogen and oxygen atoms in total. The van der Waals surface area contributed by atoms with Gasteiger partial charge in [-0.3, -0.25) is 4.98 Å². The predicted molar refractivity (Wildman–Crippen MR) is 81.6 cm³/mol. The average molecular weight is 287 g/mol. The lowest BCUT2D eigenvalue weighted by molar-refractivity contribution is 0.173. The van der Waals surface area contributed by atoms with Crippen LogP contribution in [0.1, 0.15) is 36.4 Å². The summed E-state index contributed by atoms with van der Waals surface area (Å²) in [5.41, 5.74) is 2.62. The Bertz CT molecular complexity index is 581. The highest BCUT2D eigenvalue weighted by atomic mass is 16.5. The van der Waals surface area contributed by atoms with E-state index < -0.39 is 6.10 Å². The number of aromatic nitrogens is 1. The van der Waals surface area contributed by atoms with E-state index in [-0.39, 0.29) is 0 Å². The van der Waals surface area contributed by atoms with E-state index in [1.54, 1.807) is 7.11 Å². The van der Waals surface area contributed by atoms with Crippen LogP contribution in [0.15, 0.2) is 36.4 Å². The quantitative estimate of drug-likeness (QED) is 0.884. The van der Waals surface area contributed by atoms with E-state index in [1.165, 1.54) is 0 Å². The minimum absolute atomic E-state index is 0.383. The summed E-state index contributed by atoms with van der Waals surface area (Å²) in [6, 6.07) is 11.2. The summed E-state index contributed by atoms with van der Waals surface area (Å²) in [5, 5.41) is 9.75. The Labute approximate surface area is 125 Å². The third-order valence-electron chi connectivity index (χ3n) is 3.25. The van der Waals surface area contributed by atoms with Crippen molar-refractivity contribution in [1.82, 2.24) is 4.98 Å². The molecule has 1 aromatic carbocycles. The second-order valence-electron chi connectivity index (χ2n) is 4.92. The molecule has 0 fully saturated rings. The van der Waals surface area contributed by atoms with Crippen LogP contribution in [0.2, 0.25) is 0 Å². The minimum Gasteiger partial charge on any atom is -0.497 e. The molecule has 1 heterocycles. The van der Waals surface area contributed by atoms with E-state index in [0.29, 0.717) is 13.0 Å². The number of aryl methyl sites for hydroxylation is 1. The van der Waals surface area contributed by atoms with Crippen LogP contribution in [0.25, 0.3) is 0 Å². The maximum Gasteiger partial charge on any atom is 0.130 e. The van der Waals surface area contributed by atoms with Crippen LogP contribution < -0.4 is 9.47 Å². The molecule has 0 amide bonds. The zero-order valence-electron chi connectivity index (χ0n) is 12.7. The number of aliphatic hydroxyl groups excluding tert-OH is 1. The predicted octanol–water partition coefficient (Wildman–Crippen LogP) is 3.42. The van der Waals surface area contributed by atoms with E-state index >= 15 is 0 Å². The zero-order valence-corrected chi connectivity index (χ0v) is 12.7. The van der Waals surface area contributed by atoms with Crippen molar-refractivity contribution in [2.24, 2.45) is 0 Å². The van der Waals surface area contributed by atoms with Gasteiger partial charge in [0.2, 0.25) is 0 Å². The van der Waals surface area contributed by atoms with Crippen molar-refractivity contribution in [2.75, 3.05) is 7.11 Å². The molecule has 0 radical (unpaired) electrons. The van der Waals surface area contributed by atoms with Crippen LogP contribution in [0, 0.1) is 6.92 Å². The van der Waals surface area contributed by atoms with Gasteiger partial charge in [0.1, 0.15) is 18.1 Å². The Morgan fingerprint density at radius 3 is 2.48 bits per heavy atom. The fourth-order valence-corrected chi connectivity index (χ4v) is 2.07. The van der Waals surface area contributed by atoms with E-state index in [1.807, 2.05) is 50.2 Å². The fraction of sp³-hybridized carbons (Fsp3) is 0.353. The molecule has 0 saturated heterocycles. The van der Waals surface area contributed by atoms with Gasteiger partial charge in [0, 0.05) is 17.8 Å². The molecule has 0 unspecified atom stereocenters. The topological polar surface area (TPSA) is 51.6 Å². The summed E-state index contributed by atoms with van der Waals surface area (Å²) in [4.78, 5) is 4.41. The van der Waals surface area contributed by atoms with Gasteiger partial charge in [-0.05, 0) is 31.0 Å². The first kappa shape index (κ1) is 15.3. The first-order chi connectivity index (χ1) is 10.1. The van der Waals surface area contributed by atoms with Crippen LogP contribution in [-0.2, 0) is 6.61 Å². The summed E-state index contributed by atoms with van der Waals surface area (Å²) in [7, 11) is 1.64. The highest BCUT2D eigenvalue weighted by Gasteiger charge is 2.05. The molecule has 0 bridgehead atoms. The highest BCUT2D eigenvalue weighted by Crippen LogP contribution is 2.21. The molecule has 1 aromatic heterocycles. The number of rotatable bonds is 6. The average Bonchev–Trinajstić information content (AvgIpc) is 2.52. The van der Waals surface area contributed by atoms with Crippen LogP contribution >= 0.6 is 0 Å². The smallest absolute Gasteiger partial charge is 0.130 e. The first-order valence-electron chi connectivity index (χ1n) is 7.04. The summed E-state index contributed by atoms with van der Waals surface area (Å²) < 4.78 is 10.9. The van der Waals surface area contributed by atoms with Gasteiger partial charge in [0.05, 0.1) is 18.9 Å². The molecular formula is C17H21NO3. The van der Waals surface area contributed by atoms with E-state index in [4.69, 9.17) is 9.47 Å². The van der Waals surface area contributed by atoms with E-state index in [2.05, 4.69) is 4.98 Å². The summed E-state index contributed by atoms with van der Waals surface area (Å²) >= 11 is 0. The van der Waals surface area contributed by atoms with E-state index in [9.17, 15) is 5.11 Å². The van der Waals surface area contributed by atoms with Gasteiger partial charge in [-0.25, -0.2) is 0 Å². The second kappa shape index (κ2) is 7.09. The molecule has 0 spiro atoms. The number of nitrogens with zero attached hydrogens (tertiary/aromatic N) is 1. The molecule has 4 heteroatoms. The van der Waals surface area contributed by atoms with Crippen molar-refractivity contribution >= 4 is 0 Å². The molecule has 0 aliphatic heterocycles. The van der Waals surface area contributed by atoms with Crippen molar-refractivity contribution in [3.8, 4) is 11.5 Å². The minimum atomic E-state index is -0.415. The van der Waals surface area contributed by atoms with Crippen molar-refractivity contribution in [3.05, 3.63) is 53.3 Å². The van der Waals surface area contributed by atoms with Gasteiger partial charge in [-0.2, -0.15) is 0 Å². The maximum absolute atomic E-state index is 9.75. The third kappa shape index (κ3) is 4.20. The Hall–Kier alpha value is -2.07. The number of ether oxygens (including phenoxy) is 2. The SMILES string of the molecule is CC[C@H](O)c1ccc(OCc2cc(OC)cc(C)n2)cc1. The number of pyridine rings is 1. The number of methoxy groups -OCH3 is 1. The summed E-state index contributed by atoms with van der Waals surface area (Å²) in [6.45, 7) is 4.26. The fourth-order valence-electron chi connectivity index (χ4n) is 2.07. The largest absolute Gasteiger partial charge is 0.497 e. The van der Waals surface area contributed by atoms with Crippen molar-refractivity contribution < 1.29 is 14.6 Å². The lowest BCUT2D eigenvalue weighted by Crippen LogP contribution is -2.01. The lowest BCUT2D eigenvalue weighted by Gasteiger charge is -2.11. The summed E-state index contributed by atoms with van der Waals surface area (Å²) in [5.74, 6) is 1.53. The Morgan fingerprint density at radius 2 is 1.86 bits per heavy atom. The van der Waals surface area contributed by atoms with Crippen LogP contribution in [0.5, 0.6) is 11.5 Å². The number of hydrogen-bond acceptors (Lipinski definition) is 4. The van der Waals surface area contributed by atoms with Gasteiger partial charge >= 0.3 is 0 Å². The van der Waals surface area contributed by atoms with Gasteiger partial charge in [0.15, 0.2) is 0 Å². The molecule has 112 valence electrons. The van der Waals surface area contributed by atoms with Crippen LogP contribution in [-0.4, -0.2) is 17.2 Å². The van der Waals surface area contributed by atoms with Crippen LogP contribution in [0.3, 0.4) is 0 Å².